The minimum absolute atomic E-state index is 0.0567. The Hall–Kier alpha value is -2.87. The Balaban J connectivity index is 1.50. The molecule has 3 N–H and O–H groups in total. The third-order valence-corrected chi connectivity index (χ3v) is 6.51. The summed E-state index contributed by atoms with van der Waals surface area (Å²) in [4.78, 5) is 24.6. The maximum Gasteiger partial charge on any atom is 0.261 e. The molecule has 0 saturated heterocycles. The van der Waals surface area contributed by atoms with Gasteiger partial charge in [0, 0.05) is 30.3 Å². The SMILES string of the molecule is O=C(NCCNC(=O)C1CCCCC1)c1cccc(NS(=O)(=O)c2ccccc2)c1. The number of sulfonamides is 1. The second-order valence-electron chi connectivity index (χ2n) is 7.38. The number of hydrogen-bond acceptors (Lipinski definition) is 4. The third kappa shape index (κ3) is 6.06. The van der Waals surface area contributed by atoms with Gasteiger partial charge in [-0.15, -0.1) is 0 Å². The van der Waals surface area contributed by atoms with Crippen LogP contribution in [0.15, 0.2) is 59.5 Å². The van der Waals surface area contributed by atoms with E-state index in [-0.39, 0.29) is 22.6 Å². The molecule has 0 heterocycles. The number of hydrogen-bond donors (Lipinski definition) is 3. The summed E-state index contributed by atoms with van der Waals surface area (Å²) in [5.41, 5.74) is 0.638. The first-order chi connectivity index (χ1) is 14.5. The molecule has 8 heteroatoms. The molecule has 1 saturated carbocycles. The van der Waals surface area contributed by atoms with Crippen molar-refractivity contribution in [2.45, 2.75) is 37.0 Å². The molecule has 0 radical (unpaired) electrons. The van der Waals surface area contributed by atoms with Crippen molar-refractivity contribution in [3.8, 4) is 0 Å². The molecule has 0 aliphatic heterocycles. The van der Waals surface area contributed by atoms with Crippen LogP contribution in [0.1, 0.15) is 42.5 Å². The molecule has 0 unspecified atom stereocenters. The molecule has 0 bridgehead atoms. The summed E-state index contributed by atoms with van der Waals surface area (Å²) in [7, 11) is -3.73. The predicted molar refractivity (Wildman–Crippen MR) is 116 cm³/mol. The van der Waals surface area contributed by atoms with Crippen molar-refractivity contribution in [2.24, 2.45) is 5.92 Å². The van der Waals surface area contributed by atoms with Gasteiger partial charge in [-0.1, -0.05) is 43.5 Å². The van der Waals surface area contributed by atoms with Crippen LogP contribution in [0.25, 0.3) is 0 Å². The van der Waals surface area contributed by atoms with E-state index in [1.807, 2.05) is 0 Å². The van der Waals surface area contributed by atoms with E-state index in [9.17, 15) is 18.0 Å². The van der Waals surface area contributed by atoms with Gasteiger partial charge in [-0.2, -0.15) is 0 Å². The zero-order valence-electron chi connectivity index (χ0n) is 16.8. The minimum Gasteiger partial charge on any atom is -0.354 e. The van der Waals surface area contributed by atoms with Crippen LogP contribution in [-0.2, 0) is 14.8 Å². The monoisotopic (exact) mass is 429 g/mol. The van der Waals surface area contributed by atoms with Crippen LogP contribution in [0, 0.1) is 5.92 Å². The normalized spacial score (nSPS) is 14.7. The highest BCUT2D eigenvalue weighted by molar-refractivity contribution is 7.92. The quantitative estimate of drug-likeness (QED) is 0.561. The van der Waals surface area contributed by atoms with Gasteiger partial charge in [-0.25, -0.2) is 8.42 Å². The van der Waals surface area contributed by atoms with E-state index in [4.69, 9.17) is 0 Å². The highest BCUT2D eigenvalue weighted by atomic mass is 32.2. The first-order valence-corrected chi connectivity index (χ1v) is 11.7. The largest absolute Gasteiger partial charge is 0.354 e. The van der Waals surface area contributed by atoms with Crippen molar-refractivity contribution in [1.82, 2.24) is 10.6 Å². The molecule has 2 aromatic carbocycles. The van der Waals surface area contributed by atoms with E-state index in [1.54, 1.807) is 36.4 Å². The topological polar surface area (TPSA) is 104 Å². The lowest BCUT2D eigenvalue weighted by molar-refractivity contribution is -0.125. The fraction of sp³-hybridized carbons (Fsp3) is 0.364. The van der Waals surface area contributed by atoms with Gasteiger partial charge in [0.15, 0.2) is 0 Å². The molecule has 0 spiro atoms. The zero-order chi connectivity index (χ0) is 21.4. The van der Waals surface area contributed by atoms with E-state index < -0.39 is 10.0 Å². The second-order valence-corrected chi connectivity index (χ2v) is 9.06. The Morgan fingerprint density at radius 2 is 1.57 bits per heavy atom. The van der Waals surface area contributed by atoms with Gasteiger partial charge < -0.3 is 10.6 Å². The van der Waals surface area contributed by atoms with Gasteiger partial charge in [0.05, 0.1) is 4.90 Å². The molecular weight excluding hydrogens is 402 g/mol. The first-order valence-electron chi connectivity index (χ1n) is 10.2. The molecule has 2 aromatic rings. The van der Waals surface area contributed by atoms with Gasteiger partial charge in [-0.3, -0.25) is 14.3 Å². The Morgan fingerprint density at radius 1 is 0.867 bits per heavy atom. The Bertz CT molecular complexity index is 971. The standard InChI is InChI=1S/C22H27N3O4S/c26-21(17-8-3-1-4-9-17)23-14-15-24-22(27)18-10-7-11-19(16-18)25-30(28,29)20-12-5-2-6-13-20/h2,5-7,10-13,16-17,25H,1,3-4,8-9,14-15H2,(H,23,26)(H,24,27). The molecule has 30 heavy (non-hydrogen) atoms. The third-order valence-electron chi connectivity index (χ3n) is 5.12. The van der Waals surface area contributed by atoms with E-state index in [1.165, 1.54) is 24.6 Å². The van der Waals surface area contributed by atoms with Crippen LogP contribution in [0.5, 0.6) is 0 Å². The number of nitrogens with one attached hydrogen (secondary N) is 3. The molecule has 0 atom stereocenters. The summed E-state index contributed by atoms with van der Waals surface area (Å²) in [5, 5.41) is 5.62. The Labute approximate surface area is 177 Å². The van der Waals surface area contributed by atoms with E-state index in [0.717, 1.165) is 25.7 Å². The maximum atomic E-state index is 12.4. The number of carbonyl (C=O) groups is 2. The Morgan fingerprint density at radius 3 is 2.30 bits per heavy atom. The van der Waals surface area contributed by atoms with Crippen molar-refractivity contribution in [3.63, 3.8) is 0 Å². The van der Waals surface area contributed by atoms with Gasteiger partial charge in [0.1, 0.15) is 0 Å². The molecule has 7 nitrogen and oxygen atoms in total. The fourth-order valence-electron chi connectivity index (χ4n) is 3.51. The van der Waals surface area contributed by atoms with Crippen LogP contribution in [0.2, 0.25) is 0 Å². The van der Waals surface area contributed by atoms with Crippen LogP contribution >= 0.6 is 0 Å². The number of benzene rings is 2. The first kappa shape index (κ1) is 21.8. The van der Waals surface area contributed by atoms with Crippen molar-refractivity contribution >= 4 is 27.5 Å². The van der Waals surface area contributed by atoms with E-state index in [0.29, 0.717) is 24.3 Å². The number of rotatable bonds is 8. The van der Waals surface area contributed by atoms with E-state index in [2.05, 4.69) is 15.4 Å². The highest BCUT2D eigenvalue weighted by Crippen LogP contribution is 2.23. The van der Waals surface area contributed by atoms with Crippen LogP contribution in [0.3, 0.4) is 0 Å². The lowest BCUT2D eigenvalue weighted by Crippen LogP contribution is -2.38. The highest BCUT2D eigenvalue weighted by Gasteiger charge is 2.20. The molecule has 3 rings (SSSR count). The van der Waals surface area contributed by atoms with Crippen molar-refractivity contribution in [2.75, 3.05) is 17.8 Å². The lowest BCUT2D eigenvalue weighted by Gasteiger charge is -2.20. The summed E-state index contributed by atoms with van der Waals surface area (Å²) in [6.45, 7) is 0.665. The summed E-state index contributed by atoms with van der Waals surface area (Å²) >= 11 is 0. The van der Waals surface area contributed by atoms with Crippen molar-refractivity contribution in [1.29, 1.82) is 0 Å². The number of anilines is 1. The predicted octanol–water partition coefficient (Wildman–Crippen LogP) is 2.91. The van der Waals surface area contributed by atoms with Crippen molar-refractivity contribution in [3.05, 3.63) is 60.2 Å². The second kappa shape index (κ2) is 10.2. The summed E-state index contributed by atoms with van der Waals surface area (Å²) in [6, 6.07) is 14.3. The average molecular weight is 430 g/mol. The van der Waals surface area contributed by atoms with Crippen molar-refractivity contribution < 1.29 is 18.0 Å². The van der Waals surface area contributed by atoms with E-state index >= 15 is 0 Å². The summed E-state index contributed by atoms with van der Waals surface area (Å²) < 4.78 is 27.4. The van der Waals surface area contributed by atoms with Crippen LogP contribution < -0.4 is 15.4 Å². The number of amides is 2. The summed E-state index contributed by atoms with van der Waals surface area (Å²) in [6.07, 6.45) is 5.26. The zero-order valence-corrected chi connectivity index (χ0v) is 17.6. The lowest BCUT2D eigenvalue weighted by atomic mass is 9.89. The molecule has 160 valence electrons. The Kier molecular flexibility index (Phi) is 7.46. The average Bonchev–Trinajstić information content (AvgIpc) is 2.77. The van der Waals surface area contributed by atoms with Crippen LogP contribution in [-0.4, -0.2) is 33.3 Å². The minimum atomic E-state index is -3.73. The summed E-state index contributed by atoms with van der Waals surface area (Å²) in [5.74, 6) is -0.187. The van der Waals surface area contributed by atoms with Gasteiger partial charge in [-0.05, 0) is 43.2 Å². The molecule has 0 aromatic heterocycles. The smallest absolute Gasteiger partial charge is 0.261 e. The molecule has 1 aliphatic carbocycles. The maximum absolute atomic E-state index is 12.4. The van der Waals surface area contributed by atoms with Gasteiger partial charge in [0.2, 0.25) is 5.91 Å². The number of carbonyl (C=O) groups excluding carboxylic acids is 2. The van der Waals surface area contributed by atoms with Crippen LogP contribution in [0.4, 0.5) is 5.69 Å². The van der Waals surface area contributed by atoms with Gasteiger partial charge >= 0.3 is 0 Å². The molecule has 1 aliphatic rings. The molecule has 2 amide bonds. The fourth-order valence-corrected chi connectivity index (χ4v) is 4.58. The molecule has 1 fully saturated rings. The van der Waals surface area contributed by atoms with Gasteiger partial charge in [0.25, 0.3) is 15.9 Å². The molecular formula is C22H27N3O4S.